The summed E-state index contributed by atoms with van der Waals surface area (Å²) in [5.41, 5.74) is 7.41. The standard InChI is InChI=1S/C27H26N2O7/c1-33-21-11-16(12-22(34-2)25(21)35-3)23-19-10-9-18(30)13-20(19)26(31)29(24(23)27(32)36-4)17-7-5-15(14-28)6-8-17/h5-13,30H,14,28H2,1-4H3. The van der Waals surface area contributed by atoms with Crippen LogP contribution in [0.15, 0.2) is 59.4 Å². The van der Waals surface area contributed by atoms with Crippen LogP contribution in [0.1, 0.15) is 16.1 Å². The zero-order chi connectivity index (χ0) is 26.0. The molecule has 36 heavy (non-hydrogen) atoms. The third-order valence-corrected chi connectivity index (χ3v) is 5.93. The van der Waals surface area contributed by atoms with Crippen LogP contribution in [-0.4, -0.2) is 44.1 Å². The molecule has 186 valence electrons. The number of esters is 1. The maximum Gasteiger partial charge on any atom is 0.355 e. The summed E-state index contributed by atoms with van der Waals surface area (Å²) in [6.45, 7) is 0.321. The number of aromatic nitrogens is 1. The number of fused-ring (bicyclic) bond motifs is 1. The normalized spacial score (nSPS) is 10.8. The van der Waals surface area contributed by atoms with Crippen LogP contribution >= 0.6 is 0 Å². The van der Waals surface area contributed by atoms with E-state index in [4.69, 9.17) is 24.7 Å². The number of hydrogen-bond acceptors (Lipinski definition) is 8. The first kappa shape index (κ1) is 24.6. The largest absolute Gasteiger partial charge is 0.508 e. The molecule has 0 saturated heterocycles. The van der Waals surface area contributed by atoms with E-state index in [1.165, 1.54) is 45.1 Å². The van der Waals surface area contributed by atoms with Gasteiger partial charge < -0.3 is 29.8 Å². The number of phenols is 1. The summed E-state index contributed by atoms with van der Waals surface area (Å²) in [6.07, 6.45) is 0. The first-order chi connectivity index (χ1) is 17.4. The minimum absolute atomic E-state index is 0.00420. The smallest absolute Gasteiger partial charge is 0.355 e. The lowest BCUT2D eigenvalue weighted by Gasteiger charge is -2.20. The minimum atomic E-state index is -0.728. The highest BCUT2D eigenvalue weighted by Crippen LogP contribution is 2.44. The number of hydrogen-bond donors (Lipinski definition) is 2. The number of carbonyl (C=O) groups excluding carboxylic acids is 1. The number of nitrogens with two attached hydrogens (primary N) is 1. The monoisotopic (exact) mass is 490 g/mol. The molecule has 4 rings (SSSR count). The highest BCUT2D eigenvalue weighted by molar-refractivity contribution is 6.07. The molecule has 3 aromatic carbocycles. The molecule has 9 nitrogen and oxygen atoms in total. The second-order valence-corrected chi connectivity index (χ2v) is 7.87. The molecular formula is C27H26N2O7. The average Bonchev–Trinajstić information content (AvgIpc) is 2.91. The van der Waals surface area contributed by atoms with E-state index >= 15 is 0 Å². The fourth-order valence-electron chi connectivity index (χ4n) is 4.22. The van der Waals surface area contributed by atoms with Gasteiger partial charge in [-0.05, 0) is 59.0 Å². The fraction of sp³-hybridized carbons (Fsp3) is 0.185. The van der Waals surface area contributed by atoms with Crippen LogP contribution in [0.25, 0.3) is 27.6 Å². The Bertz CT molecular complexity index is 1480. The van der Waals surface area contributed by atoms with Crippen LogP contribution in [0.5, 0.6) is 23.0 Å². The SMILES string of the molecule is COC(=O)c1c(-c2cc(OC)c(OC)c(OC)c2)c2ccc(O)cc2c(=O)n1-c1ccc(CN)cc1. The van der Waals surface area contributed by atoms with Gasteiger partial charge in [-0.25, -0.2) is 4.79 Å². The number of rotatable bonds is 7. The Morgan fingerprint density at radius 3 is 2.06 bits per heavy atom. The Labute approximate surface area is 207 Å². The summed E-state index contributed by atoms with van der Waals surface area (Å²) in [5.74, 6) is 0.273. The van der Waals surface area contributed by atoms with Gasteiger partial charge in [0.25, 0.3) is 5.56 Å². The van der Waals surface area contributed by atoms with Gasteiger partial charge in [0.15, 0.2) is 11.5 Å². The molecule has 0 atom stereocenters. The minimum Gasteiger partial charge on any atom is -0.508 e. The van der Waals surface area contributed by atoms with E-state index in [1.54, 1.807) is 42.5 Å². The molecule has 9 heteroatoms. The van der Waals surface area contributed by atoms with Crippen molar-refractivity contribution in [1.29, 1.82) is 0 Å². The molecule has 0 aliphatic heterocycles. The lowest BCUT2D eigenvalue weighted by molar-refractivity contribution is 0.0591. The van der Waals surface area contributed by atoms with Crippen LogP contribution in [0.3, 0.4) is 0 Å². The number of nitrogens with zero attached hydrogens (tertiary/aromatic N) is 1. The predicted octanol–water partition coefficient (Wildman–Crippen LogP) is 3.63. The first-order valence-corrected chi connectivity index (χ1v) is 11.0. The van der Waals surface area contributed by atoms with E-state index in [9.17, 15) is 14.7 Å². The lowest BCUT2D eigenvalue weighted by atomic mass is 9.95. The van der Waals surface area contributed by atoms with Gasteiger partial charge in [-0.2, -0.15) is 0 Å². The van der Waals surface area contributed by atoms with Gasteiger partial charge in [0.1, 0.15) is 11.4 Å². The van der Waals surface area contributed by atoms with Crippen molar-refractivity contribution in [3.8, 4) is 39.8 Å². The molecule has 3 N–H and O–H groups in total. The van der Waals surface area contributed by atoms with Crippen molar-refractivity contribution < 1.29 is 28.8 Å². The maximum absolute atomic E-state index is 13.8. The molecule has 0 aliphatic carbocycles. The molecular weight excluding hydrogens is 464 g/mol. The van der Waals surface area contributed by atoms with Crippen molar-refractivity contribution in [3.05, 3.63) is 76.2 Å². The number of aromatic hydroxyl groups is 1. The Kier molecular flexibility index (Phi) is 6.84. The third-order valence-electron chi connectivity index (χ3n) is 5.93. The first-order valence-electron chi connectivity index (χ1n) is 11.0. The van der Waals surface area contributed by atoms with Gasteiger partial charge in [0, 0.05) is 17.8 Å². The van der Waals surface area contributed by atoms with Gasteiger partial charge in [0.2, 0.25) is 5.75 Å². The van der Waals surface area contributed by atoms with Crippen LogP contribution in [-0.2, 0) is 11.3 Å². The average molecular weight is 491 g/mol. The second kappa shape index (κ2) is 10.0. The molecule has 1 aromatic heterocycles. The van der Waals surface area contributed by atoms with E-state index < -0.39 is 11.5 Å². The van der Waals surface area contributed by atoms with Gasteiger partial charge >= 0.3 is 5.97 Å². The van der Waals surface area contributed by atoms with E-state index in [2.05, 4.69) is 0 Å². The number of carbonyl (C=O) groups is 1. The van der Waals surface area contributed by atoms with E-state index in [0.29, 0.717) is 46.0 Å². The van der Waals surface area contributed by atoms with Crippen LogP contribution in [0.4, 0.5) is 0 Å². The number of phenolic OH excluding ortho intramolecular Hbond substituents is 1. The zero-order valence-electron chi connectivity index (χ0n) is 20.3. The molecule has 0 amide bonds. The van der Waals surface area contributed by atoms with E-state index in [1.807, 2.05) is 0 Å². The second-order valence-electron chi connectivity index (χ2n) is 7.87. The summed E-state index contributed by atoms with van der Waals surface area (Å²) in [7, 11) is 5.70. The van der Waals surface area contributed by atoms with Crippen molar-refractivity contribution >= 4 is 16.7 Å². The summed E-state index contributed by atoms with van der Waals surface area (Å²) in [5, 5.41) is 10.8. The Morgan fingerprint density at radius 1 is 0.889 bits per heavy atom. The highest BCUT2D eigenvalue weighted by Gasteiger charge is 2.27. The van der Waals surface area contributed by atoms with Crippen LogP contribution in [0, 0.1) is 0 Å². The number of methoxy groups -OCH3 is 4. The maximum atomic E-state index is 13.8. The Morgan fingerprint density at radius 2 is 1.53 bits per heavy atom. The number of benzene rings is 3. The van der Waals surface area contributed by atoms with Crippen molar-refractivity contribution in [3.63, 3.8) is 0 Å². The van der Waals surface area contributed by atoms with Gasteiger partial charge in [0.05, 0.1) is 33.8 Å². The molecule has 0 radical (unpaired) electrons. The summed E-state index contributed by atoms with van der Waals surface area (Å²) in [4.78, 5) is 27.0. The topological polar surface area (TPSA) is 122 Å². The Hall–Kier alpha value is -4.50. The van der Waals surface area contributed by atoms with Crippen molar-refractivity contribution in [2.24, 2.45) is 5.73 Å². The molecule has 0 fully saturated rings. The zero-order valence-corrected chi connectivity index (χ0v) is 20.3. The summed E-state index contributed by atoms with van der Waals surface area (Å²) < 4.78 is 22.9. The fourth-order valence-corrected chi connectivity index (χ4v) is 4.22. The number of pyridine rings is 1. The van der Waals surface area contributed by atoms with Gasteiger partial charge in [-0.1, -0.05) is 12.1 Å². The summed E-state index contributed by atoms with van der Waals surface area (Å²) in [6, 6.07) is 14.7. The summed E-state index contributed by atoms with van der Waals surface area (Å²) >= 11 is 0. The van der Waals surface area contributed by atoms with Crippen molar-refractivity contribution in [2.75, 3.05) is 28.4 Å². The predicted molar refractivity (Wildman–Crippen MR) is 136 cm³/mol. The third kappa shape index (κ3) is 4.09. The molecule has 4 aromatic rings. The van der Waals surface area contributed by atoms with Gasteiger partial charge in [-0.15, -0.1) is 0 Å². The molecule has 0 saturated carbocycles. The van der Waals surface area contributed by atoms with Crippen molar-refractivity contribution in [1.82, 2.24) is 4.57 Å². The molecule has 1 heterocycles. The van der Waals surface area contributed by atoms with Crippen LogP contribution < -0.4 is 25.5 Å². The van der Waals surface area contributed by atoms with Crippen molar-refractivity contribution in [2.45, 2.75) is 6.54 Å². The highest BCUT2D eigenvalue weighted by atomic mass is 16.5. The quantitative estimate of drug-likeness (QED) is 0.377. The Balaban J connectivity index is 2.22. The lowest BCUT2D eigenvalue weighted by Crippen LogP contribution is -2.27. The van der Waals surface area contributed by atoms with E-state index in [0.717, 1.165) is 5.56 Å². The molecule has 0 spiro atoms. The van der Waals surface area contributed by atoms with E-state index in [-0.39, 0.29) is 16.8 Å². The van der Waals surface area contributed by atoms with Crippen LogP contribution in [0.2, 0.25) is 0 Å². The molecule has 0 aliphatic rings. The van der Waals surface area contributed by atoms with Gasteiger partial charge in [-0.3, -0.25) is 9.36 Å². The number of ether oxygens (including phenoxy) is 4. The molecule has 0 bridgehead atoms. The molecule has 0 unspecified atom stereocenters.